The lowest BCUT2D eigenvalue weighted by Crippen LogP contribution is -2.17. The molecule has 26 heavy (non-hydrogen) atoms. The second kappa shape index (κ2) is 6.87. The second-order valence-corrected chi connectivity index (χ2v) is 5.28. The zero-order chi connectivity index (χ0) is 18.7. The van der Waals surface area contributed by atoms with Crippen LogP contribution in [-0.2, 0) is 6.18 Å². The normalized spacial score (nSPS) is 11.2. The molecule has 0 spiro atoms. The van der Waals surface area contributed by atoms with Gasteiger partial charge < -0.3 is 10.6 Å². The molecular formula is C17H14F3N5O. The van der Waals surface area contributed by atoms with Crippen LogP contribution in [0.15, 0.2) is 54.7 Å². The third-order valence-corrected chi connectivity index (χ3v) is 3.49. The van der Waals surface area contributed by atoms with Crippen molar-refractivity contribution in [2.45, 2.75) is 6.18 Å². The Morgan fingerprint density at radius 3 is 2.46 bits per heavy atom. The van der Waals surface area contributed by atoms with E-state index in [4.69, 9.17) is 0 Å². The quantitative estimate of drug-likeness (QED) is 0.745. The van der Waals surface area contributed by atoms with E-state index in [1.54, 1.807) is 17.9 Å². The highest BCUT2D eigenvalue weighted by atomic mass is 19.4. The highest BCUT2D eigenvalue weighted by Crippen LogP contribution is 2.28. The molecule has 0 atom stereocenters. The molecule has 1 amide bonds. The minimum absolute atomic E-state index is 0.320. The lowest BCUT2D eigenvalue weighted by molar-refractivity contribution is -0.141. The van der Waals surface area contributed by atoms with Crippen molar-refractivity contribution in [3.8, 4) is 5.69 Å². The summed E-state index contributed by atoms with van der Waals surface area (Å²) in [6.07, 6.45) is -3.06. The molecule has 2 heterocycles. The van der Waals surface area contributed by atoms with E-state index in [0.717, 1.165) is 17.8 Å². The van der Waals surface area contributed by atoms with Gasteiger partial charge in [0, 0.05) is 7.05 Å². The fourth-order valence-corrected chi connectivity index (χ4v) is 2.27. The summed E-state index contributed by atoms with van der Waals surface area (Å²) in [7, 11) is 1.62. The van der Waals surface area contributed by atoms with Crippen molar-refractivity contribution in [1.82, 2.24) is 14.8 Å². The first kappa shape index (κ1) is 17.5. The van der Waals surface area contributed by atoms with Crippen molar-refractivity contribution < 1.29 is 18.0 Å². The van der Waals surface area contributed by atoms with Gasteiger partial charge in [0.05, 0.1) is 11.9 Å². The lowest BCUT2D eigenvalue weighted by Gasteiger charge is -2.08. The average molecular weight is 361 g/mol. The Morgan fingerprint density at radius 2 is 1.81 bits per heavy atom. The van der Waals surface area contributed by atoms with Gasteiger partial charge in [-0.25, -0.2) is 9.67 Å². The molecule has 0 aliphatic heterocycles. The molecule has 0 radical (unpaired) electrons. The summed E-state index contributed by atoms with van der Waals surface area (Å²) in [6, 6.07) is 12.3. The molecule has 0 fully saturated rings. The zero-order valence-corrected chi connectivity index (χ0v) is 13.6. The molecule has 2 aromatic heterocycles. The number of pyridine rings is 1. The molecule has 134 valence electrons. The van der Waals surface area contributed by atoms with Gasteiger partial charge in [-0.2, -0.15) is 13.2 Å². The number of nitrogens with one attached hydrogen (secondary N) is 2. The van der Waals surface area contributed by atoms with Crippen molar-refractivity contribution in [3.05, 3.63) is 66.1 Å². The summed E-state index contributed by atoms with van der Waals surface area (Å²) < 4.78 is 39.8. The number of rotatable bonds is 4. The number of anilines is 2. The maximum Gasteiger partial charge on any atom is 0.433 e. The number of carbonyl (C=O) groups is 1. The first-order valence-corrected chi connectivity index (χ1v) is 7.57. The average Bonchev–Trinajstić information content (AvgIpc) is 3.04. The fraction of sp³-hybridized carbons (Fsp3) is 0.118. The van der Waals surface area contributed by atoms with Gasteiger partial charge in [-0.3, -0.25) is 4.79 Å². The Kier molecular flexibility index (Phi) is 4.61. The molecule has 0 saturated heterocycles. The van der Waals surface area contributed by atoms with Crippen LogP contribution in [0.4, 0.5) is 24.7 Å². The predicted molar refractivity (Wildman–Crippen MR) is 90.3 cm³/mol. The molecular weight excluding hydrogens is 347 g/mol. The maximum absolute atomic E-state index is 12.8. The van der Waals surface area contributed by atoms with E-state index in [2.05, 4.69) is 20.7 Å². The molecule has 0 saturated carbocycles. The SMILES string of the molecule is CNc1nn(-c2ccccc2)cc1NC(=O)c1cccc(C(F)(F)F)n1. The predicted octanol–water partition coefficient (Wildman–Crippen LogP) is 3.58. The first-order chi connectivity index (χ1) is 12.4. The minimum Gasteiger partial charge on any atom is -0.370 e. The Morgan fingerprint density at radius 1 is 1.08 bits per heavy atom. The summed E-state index contributed by atoms with van der Waals surface area (Å²) in [4.78, 5) is 15.7. The van der Waals surface area contributed by atoms with Gasteiger partial charge in [0.2, 0.25) is 0 Å². The van der Waals surface area contributed by atoms with Crippen LogP contribution in [0.25, 0.3) is 5.69 Å². The van der Waals surface area contributed by atoms with Crippen LogP contribution in [0, 0.1) is 0 Å². The van der Waals surface area contributed by atoms with Gasteiger partial charge in [-0.1, -0.05) is 24.3 Å². The molecule has 2 N–H and O–H groups in total. The molecule has 0 bridgehead atoms. The number of carbonyl (C=O) groups excluding carboxylic acids is 1. The zero-order valence-electron chi connectivity index (χ0n) is 13.6. The number of aromatic nitrogens is 3. The Bertz CT molecular complexity index is 922. The molecule has 0 aliphatic rings. The van der Waals surface area contributed by atoms with Gasteiger partial charge in [0.1, 0.15) is 17.1 Å². The first-order valence-electron chi connectivity index (χ1n) is 7.57. The maximum atomic E-state index is 12.8. The largest absolute Gasteiger partial charge is 0.433 e. The summed E-state index contributed by atoms with van der Waals surface area (Å²) in [5.41, 5.74) is -0.379. The van der Waals surface area contributed by atoms with E-state index in [1.807, 2.05) is 30.3 Å². The van der Waals surface area contributed by atoms with Crippen LogP contribution in [0.5, 0.6) is 0 Å². The van der Waals surface area contributed by atoms with Crippen molar-refractivity contribution in [2.75, 3.05) is 17.7 Å². The van der Waals surface area contributed by atoms with Crippen LogP contribution in [0.1, 0.15) is 16.2 Å². The van der Waals surface area contributed by atoms with Gasteiger partial charge in [-0.05, 0) is 24.3 Å². The van der Waals surface area contributed by atoms with Gasteiger partial charge in [0.25, 0.3) is 5.91 Å². The standard InChI is InChI=1S/C17H14F3N5O/c1-21-15-13(10-25(24-15)11-6-3-2-4-7-11)23-16(26)12-8-5-9-14(22-12)17(18,19)20/h2-10H,1H3,(H,21,24)(H,23,26). The number of halogens is 3. The van der Waals surface area contributed by atoms with Gasteiger partial charge in [-0.15, -0.1) is 5.10 Å². The van der Waals surface area contributed by atoms with E-state index in [1.165, 1.54) is 6.07 Å². The molecule has 9 heteroatoms. The summed E-state index contributed by atoms with van der Waals surface area (Å²) in [6.45, 7) is 0. The van der Waals surface area contributed by atoms with Crippen LogP contribution in [0.2, 0.25) is 0 Å². The number of amides is 1. The number of nitrogens with zero attached hydrogens (tertiary/aromatic N) is 3. The van der Waals surface area contributed by atoms with E-state index >= 15 is 0 Å². The number of hydrogen-bond acceptors (Lipinski definition) is 4. The molecule has 1 aromatic carbocycles. The second-order valence-electron chi connectivity index (χ2n) is 5.28. The highest BCUT2D eigenvalue weighted by Gasteiger charge is 2.33. The van der Waals surface area contributed by atoms with Gasteiger partial charge in [0.15, 0.2) is 5.82 Å². The molecule has 0 unspecified atom stereocenters. The lowest BCUT2D eigenvalue weighted by atomic mass is 10.2. The molecule has 3 aromatic rings. The Balaban J connectivity index is 1.87. The highest BCUT2D eigenvalue weighted by molar-refractivity contribution is 6.04. The van der Waals surface area contributed by atoms with Crippen molar-refractivity contribution in [3.63, 3.8) is 0 Å². The monoisotopic (exact) mass is 361 g/mol. The molecule has 3 rings (SSSR count). The molecule has 6 nitrogen and oxygen atoms in total. The minimum atomic E-state index is -4.62. The van der Waals surface area contributed by atoms with E-state index < -0.39 is 17.8 Å². The van der Waals surface area contributed by atoms with E-state index in [0.29, 0.717) is 11.5 Å². The van der Waals surface area contributed by atoms with Gasteiger partial charge >= 0.3 is 6.18 Å². The number of alkyl halides is 3. The van der Waals surface area contributed by atoms with E-state index in [-0.39, 0.29) is 5.69 Å². The Hall–Kier alpha value is -3.36. The third-order valence-electron chi connectivity index (χ3n) is 3.49. The summed E-state index contributed by atoms with van der Waals surface area (Å²) in [5.74, 6) is -0.394. The van der Waals surface area contributed by atoms with Crippen molar-refractivity contribution in [1.29, 1.82) is 0 Å². The van der Waals surface area contributed by atoms with Crippen molar-refractivity contribution >= 4 is 17.4 Å². The summed E-state index contributed by atoms with van der Waals surface area (Å²) >= 11 is 0. The summed E-state index contributed by atoms with van der Waals surface area (Å²) in [5, 5.41) is 9.66. The fourth-order valence-electron chi connectivity index (χ4n) is 2.27. The smallest absolute Gasteiger partial charge is 0.370 e. The van der Waals surface area contributed by atoms with Crippen LogP contribution in [0.3, 0.4) is 0 Å². The third kappa shape index (κ3) is 3.66. The molecule has 0 aliphatic carbocycles. The van der Waals surface area contributed by atoms with Crippen LogP contribution in [-0.4, -0.2) is 27.7 Å². The number of para-hydroxylation sites is 1. The van der Waals surface area contributed by atoms with Crippen LogP contribution < -0.4 is 10.6 Å². The van der Waals surface area contributed by atoms with Crippen molar-refractivity contribution in [2.24, 2.45) is 0 Å². The topological polar surface area (TPSA) is 71.8 Å². The van der Waals surface area contributed by atoms with E-state index in [9.17, 15) is 18.0 Å². The number of benzene rings is 1. The number of hydrogen-bond donors (Lipinski definition) is 2. The van der Waals surface area contributed by atoms with Crippen LogP contribution >= 0.6 is 0 Å². The Labute approximate surface area is 146 Å².